The molecule has 45 heavy (non-hydrogen) atoms. The fraction of sp³-hybridized carbons (Fsp3) is 0.472. The first kappa shape index (κ1) is 31.0. The van der Waals surface area contributed by atoms with Crippen LogP contribution >= 0.6 is 0 Å². The van der Waals surface area contributed by atoms with Gasteiger partial charge >= 0.3 is 0 Å². The molecule has 4 aliphatic heterocycles. The number of fused-ring (bicyclic) bond motifs is 2. The number of nitrogens with zero attached hydrogens (tertiary/aromatic N) is 3. The third-order valence-electron chi connectivity index (χ3n) is 9.60. The van der Waals surface area contributed by atoms with E-state index in [-0.39, 0.29) is 30.2 Å². The second kappa shape index (κ2) is 12.1. The molecule has 0 aromatic heterocycles. The SMILES string of the molecule is CCOc1ccc(N2CC=C[C@@]3(C)O[C@]45C=CCN(Cc6ccccc6)C(=O)C4N([C@@H](CO)CC(C)C)C(=O)[C@@H]5[C@H]3C2=O)cc1. The molecule has 2 aromatic rings. The zero-order valence-electron chi connectivity index (χ0n) is 26.5. The maximum atomic E-state index is 14.8. The van der Waals surface area contributed by atoms with Crippen molar-refractivity contribution < 1.29 is 29.0 Å². The first-order valence-corrected chi connectivity index (χ1v) is 16.0. The van der Waals surface area contributed by atoms with Crippen LogP contribution in [-0.4, -0.2) is 82.2 Å². The van der Waals surface area contributed by atoms with Gasteiger partial charge < -0.3 is 29.3 Å². The molecule has 2 aromatic carbocycles. The van der Waals surface area contributed by atoms with Crippen molar-refractivity contribution in [1.82, 2.24) is 9.80 Å². The smallest absolute Gasteiger partial charge is 0.249 e. The molecule has 0 radical (unpaired) electrons. The molecule has 1 N–H and O–H groups in total. The van der Waals surface area contributed by atoms with E-state index in [1.54, 1.807) is 14.7 Å². The van der Waals surface area contributed by atoms with Gasteiger partial charge in [-0.1, -0.05) is 68.5 Å². The average Bonchev–Trinajstić information content (AvgIpc) is 3.30. The van der Waals surface area contributed by atoms with Crippen LogP contribution in [0.4, 0.5) is 5.69 Å². The van der Waals surface area contributed by atoms with Gasteiger partial charge in [0.2, 0.25) is 17.7 Å². The van der Waals surface area contributed by atoms with Crippen LogP contribution in [0.1, 0.15) is 39.7 Å². The van der Waals surface area contributed by atoms with Gasteiger partial charge in [0.15, 0.2) is 0 Å². The molecule has 6 rings (SSSR count). The number of ether oxygens (including phenoxy) is 2. The number of benzene rings is 2. The van der Waals surface area contributed by atoms with Gasteiger partial charge in [-0.05, 0) is 56.0 Å². The number of amides is 3. The Morgan fingerprint density at radius 3 is 2.31 bits per heavy atom. The molecule has 1 spiro atoms. The number of aliphatic hydroxyl groups is 1. The minimum absolute atomic E-state index is 0.159. The molecule has 9 heteroatoms. The maximum Gasteiger partial charge on any atom is 0.249 e. The number of likely N-dealkylation sites (tertiary alicyclic amines) is 1. The van der Waals surface area contributed by atoms with Crippen molar-refractivity contribution in [3.05, 3.63) is 84.5 Å². The molecule has 9 nitrogen and oxygen atoms in total. The molecule has 2 fully saturated rings. The van der Waals surface area contributed by atoms with E-state index in [2.05, 4.69) is 0 Å². The summed E-state index contributed by atoms with van der Waals surface area (Å²) >= 11 is 0. The minimum atomic E-state index is -1.38. The van der Waals surface area contributed by atoms with Gasteiger partial charge in [-0.2, -0.15) is 0 Å². The van der Waals surface area contributed by atoms with E-state index in [0.717, 1.165) is 5.56 Å². The van der Waals surface area contributed by atoms with Crippen molar-refractivity contribution in [3.63, 3.8) is 0 Å². The number of carbonyl (C=O) groups excluding carboxylic acids is 3. The van der Waals surface area contributed by atoms with Crippen LogP contribution in [0.5, 0.6) is 5.75 Å². The van der Waals surface area contributed by atoms with Gasteiger partial charge in [-0.15, -0.1) is 0 Å². The second-order valence-electron chi connectivity index (χ2n) is 13.1. The minimum Gasteiger partial charge on any atom is -0.494 e. The van der Waals surface area contributed by atoms with Gasteiger partial charge in [-0.25, -0.2) is 0 Å². The van der Waals surface area contributed by atoms with Crippen LogP contribution in [0.2, 0.25) is 0 Å². The summed E-state index contributed by atoms with van der Waals surface area (Å²) in [7, 11) is 0. The summed E-state index contributed by atoms with van der Waals surface area (Å²) in [5.74, 6) is -1.79. The Labute approximate surface area is 265 Å². The average molecular weight is 614 g/mol. The highest BCUT2D eigenvalue weighted by atomic mass is 16.5. The lowest BCUT2D eigenvalue weighted by Crippen LogP contribution is -2.58. The Bertz CT molecular complexity index is 1490. The van der Waals surface area contributed by atoms with Crippen molar-refractivity contribution in [1.29, 1.82) is 0 Å². The molecule has 2 saturated heterocycles. The van der Waals surface area contributed by atoms with E-state index in [4.69, 9.17) is 9.47 Å². The number of carbonyl (C=O) groups is 3. The molecule has 238 valence electrons. The first-order valence-electron chi connectivity index (χ1n) is 16.0. The van der Waals surface area contributed by atoms with Crippen LogP contribution in [0, 0.1) is 17.8 Å². The summed E-state index contributed by atoms with van der Waals surface area (Å²) in [6, 6.07) is 15.5. The summed E-state index contributed by atoms with van der Waals surface area (Å²) in [6.45, 7) is 9.06. The van der Waals surface area contributed by atoms with Crippen LogP contribution in [0.15, 0.2) is 78.9 Å². The van der Waals surface area contributed by atoms with E-state index >= 15 is 0 Å². The second-order valence-corrected chi connectivity index (χ2v) is 13.1. The van der Waals surface area contributed by atoms with Gasteiger partial charge in [0.05, 0.1) is 36.7 Å². The Balaban J connectivity index is 1.43. The number of rotatable bonds is 9. The van der Waals surface area contributed by atoms with E-state index in [1.807, 2.05) is 107 Å². The lowest BCUT2D eigenvalue weighted by molar-refractivity contribution is -0.155. The quantitative estimate of drug-likeness (QED) is 0.430. The number of aliphatic hydroxyl groups excluding tert-OH is 1. The van der Waals surface area contributed by atoms with Crippen molar-refractivity contribution in [2.24, 2.45) is 17.8 Å². The molecule has 3 amide bonds. The monoisotopic (exact) mass is 613 g/mol. The zero-order valence-corrected chi connectivity index (χ0v) is 26.5. The summed E-state index contributed by atoms with van der Waals surface area (Å²) in [5.41, 5.74) is -0.859. The van der Waals surface area contributed by atoms with E-state index < -0.39 is 35.1 Å². The highest BCUT2D eigenvalue weighted by molar-refractivity contribution is 6.04. The van der Waals surface area contributed by atoms with Crippen molar-refractivity contribution in [3.8, 4) is 5.75 Å². The van der Waals surface area contributed by atoms with Crippen molar-refractivity contribution >= 4 is 23.4 Å². The van der Waals surface area contributed by atoms with Crippen molar-refractivity contribution in [2.45, 2.75) is 63.9 Å². The Kier molecular flexibility index (Phi) is 8.35. The summed E-state index contributed by atoms with van der Waals surface area (Å²) in [4.78, 5) is 49.1. The molecular weight excluding hydrogens is 570 g/mol. The van der Waals surface area contributed by atoms with Crippen LogP contribution in [0.3, 0.4) is 0 Å². The van der Waals surface area contributed by atoms with Gasteiger partial charge in [0.25, 0.3) is 0 Å². The Hall–Kier alpha value is -3.95. The fourth-order valence-corrected chi connectivity index (χ4v) is 7.79. The fourth-order valence-electron chi connectivity index (χ4n) is 7.79. The largest absolute Gasteiger partial charge is 0.494 e. The molecule has 6 atom stereocenters. The van der Waals surface area contributed by atoms with E-state index in [1.165, 1.54) is 0 Å². The summed E-state index contributed by atoms with van der Waals surface area (Å²) in [6.07, 6.45) is 8.05. The third-order valence-corrected chi connectivity index (χ3v) is 9.60. The molecule has 4 aliphatic rings. The Morgan fingerprint density at radius 1 is 0.933 bits per heavy atom. The van der Waals surface area contributed by atoms with Gasteiger partial charge in [0.1, 0.15) is 17.4 Å². The third kappa shape index (κ3) is 5.25. The standard InChI is InChI=1S/C36H43N3O6/c1-5-44-28-15-13-26(14-16-28)38-20-9-17-35(4)29(32(38)41)30-33(42)39(27(23-40)21-24(2)3)31-34(43)37(19-10-18-36(30,31)45-35)22-25-11-7-6-8-12-25/h6-18,24,27,29-31,40H,5,19-23H2,1-4H3/t27-,29+,30+,31?,35-,36+/m1/s1. The lowest BCUT2D eigenvalue weighted by Gasteiger charge is -2.40. The molecule has 0 saturated carbocycles. The molecule has 4 heterocycles. The molecular formula is C36H43N3O6. The highest BCUT2D eigenvalue weighted by Crippen LogP contribution is 2.58. The van der Waals surface area contributed by atoms with Gasteiger partial charge in [0, 0.05) is 25.3 Å². The normalized spacial score (nSPS) is 29.9. The van der Waals surface area contributed by atoms with E-state index in [9.17, 15) is 19.5 Å². The van der Waals surface area contributed by atoms with Gasteiger partial charge in [-0.3, -0.25) is 14.4 Å². The summed E-state index contributed by atoms with van der Waals surface area (Å²) in [5, 5.41) is 10.6. The van der Waals surface area contributed by atoms with Crippen LogP contribution < -0.4 is 9.64 Å². The molecule has 0 aliphatic carbocycles. The number of hydrogen-bond acceptors (Lipinski definition) is 6. The summed E-state index contributed by atoms with van der Waals surface area (Å²) < 4.78 is 12.6. The van der Waals surface area contributed by atoms with Crippen LogP contribution in [-0.2, 0) is 25.7 Å². The molecule has 1 unspecified atom stereocenters. The predicted octanol–water partition coefficient (Wildman–Crippen LogP) is 3.96. The number of anilines is 1. The van der Waals surface area contributed by atoms with Crippen molar-refractivity contribution in [2.75, 3.05) is 31.2 Å². The zero-order chi connectivity index (χ0) is 31.9. The van der Waals surface area contributed by atoms with Crippen LogP contribution in [0.25, 0.3) is 0 Å². The lowest BCUT2D eigenvalue weighted by atomic mass is 9.74. The predicted molar refractivity (Wildman–Crippen MR) is 170 cm³/mol. The highest BCUT2D eigenvalue weighted by Gasteiger charge is 2.75. The molecule has 0 bridgehead atoms. The maximum absolute atomic E-state index is 14.8. The Morgan fingerprint density at radius 2 is 1.64 bits per heavy atom. The number of hydrogen-bond donors (Lipinski definition) is 1. The van der Waals surface area contributed by atoms with E-state index in [0.29, 0.717) is 44.1 Å². The first-order chi connectivity index (χ1) is 21.6. The topological polar surface area (TPSA) is 99.6 Å².